The number of nitrogens with zero attached hydrogens (tertiary/aromatic N) is 3. The van der Waals surface area contributed by atoms with Crippen LogP contribution < -0.4 is 10.1 Å². The minimum Gasteiger partial charge on any atom is -0.490 e. The Labute approximate surface area is 248 Å². The van der Waals surface area contributed by atoms with E-state index in [0.717, 1.165) is 88.0 Å². The van der Waals surface area contributed by atoms with E-state index in [2.05, 4.69) is 22.0 Å². The number of nitrogens with one attached hydrogen (secondary N) is 1. The number of carbonyl (C=O) groups is 4. The second kappa shape index (κ2) is 11.0. The second-order valence-corrected chi connectivity index (χ2v) is 14.1. The summed E-state index contributed by atoms with van der Waals surface area (Å²) in [6.45, 7) is 7.76. The van der Waals surface area contributed by atoms with E-state index in [1.54, 1.807) is 4.90 Å². The van der Waals surface area contributed by atoms with Gasteiger partial charge in [0.2, 0.25) is 17.7 Å². The van der Waals surface area contributed by atoms with Gasteiger partial charge >= 0.3 is 0 Å². The van der Waals surface area contributed by atoms with Crippen LogP contribution in [0, 0.1) is 23.2 Å². The molecule has 4 heterocycles. The first-order chi connectivity index (χ1) is 20.3. The van der Waals surface area contributed by atoms with Gasteiger partial charge in [0.1, 0.15) is 17.9 Å². The van der Waals surface area contributed by atoms with Crippen LogP contribution in [0.5, 0.6) is 5.75 Å². The molecule has 0 radical (unpaired) electrons. The Balaban J connectivity index is 0.908. The van der Waals surface area contributed by atoms with Gasteiger partial charge in [-0.15, -0.1) is 0 Å². The van der Waals surface area contributed by atoms with E-state index in [4.69, 9.17) is 4.74 Å². The minimum atomic E-state index is -0.601. The lowest BCUT2D eigenvalue weighted by molar-refractivity contribution is -0.139. The van der Waals surface area contributed by atoms with Gasteiger partial charge in [-0.1, -0.05) is 13.3 Å². The Hall–Kier alpha value is -2.94. The molecule has 9 nitrogen and oxygen atoms in total. The molecule has 0 bridgehead atoms. The van der Waals surface area contributed by atoms with Gasteiger partial charge in [0, 0.05) is 62.6 Å². The van der Waals surface area contributed by atoms with Gasteiger partial charge in [-0.2, -0.15) is 0 Å². The maximum Gasteiger partial charge on any atom is 0.255 e. The molecule has 1 unspecified atom stereocenters. The van der Waals surface area contributed by atoms with Crippen molar-refractivity contribution < 1.29 is 23.9 Å². The molecule has 1 N–H and O–H groups in total. The first kappa shape index (κ1) is 27.9. The molecule has 42 heavy (non-hydrogen) atoms. The molecule has 4 amide bonds. The lowest BCUT2D eigenvalue weighted by atomic mass is 9.78. The van der Waals surface area contributed by atoms with Gasteiger partial charge in [-0.25, -0.2) is 0 Å². The Morgan fingerprint density at radius 2 is 1.76 bits per heavy atom. The number of likely N-dealkylation sites (tertiary alicyclic amines) is 2. The number of imide groups is 1. The molecule has 3 atom stereocenters. The van der Waals surface area contributed by atoms with E-state index in [1.807, 2.05) is 18.2 Å². The highest BCUT2D eigenvalue weighted by Gasteiger charge is 2.48. The van der Waals surface area contributed by atoms with Gasteiger partial charge in [0.25, 0.3) is 5.91 Å². The molecule has 1 aromatic rings. The summed E-state index contributed by atoms with van der Waals surface area (Å²) >= 11 is 0. The SMILES string of the molecule is CC1(C(=O)N2CCC(C3CN(C[C@H]4CCCC[C@@H]4Oc4ccc5c(c4)CN(C4CCC(=O)NC4=O)C5=O)C3)CC2)CC1. The zero-order valence-corrected chi connectivity index (χ0v) is 24.8. The summed E-state index contributed by atoms with van der Waals surface area (Å²) in [5, 5.41) is 2.37. The number of carbonyl (C=O) groups excluding carboxylic acids is 4. The van der Waals surface area contributed by atoms with E-state index >= 15 is 0 Å². The largest absolute Gasteiger partial charge is 0.490 e. The third-order valence-corrected chi connectivity index (χ3v) is 11.1. The highest BCUT2D eigenvalue weighted by atomic mass is 16.5. The van der Waals surface area contributed by atoms with Crippen molar-refractivity contribution in [3.63, 3.8) is 0 Å². The van der Waals surface area contributed by atoms with Crippen LogP contribution in [0.1, 0.15) is 87.1 Å². The van der Waals surface area contributed by atoms with Crippen molar-refractivity contribution in [1.29, 1.82) is 0 Å². The molecule has 2 saturated carbocycles. The van der Waals surface area contributed by atoms with Crippen molar-refractivity contribution in [1.82, 2.24) is 20.0 Å². The summed E-state index contributed by atoms with van der Waals surface area (Å²) in [6.07, 6.45) is 9.85. The van der Waals surface area contributed by atoms with Crippen molar-refractivity contribution in [2.45, 2.75) is 89.8 Å². The van der Waals surface area contributed by atoms with Crippen LogP contribution >= 0.6 is 0 Å². The zero-order valence-electron chi connectivity index (χ0n) is 24.8. The molecule has 2 aliphatic carbocycles. The molecule has 4 aliphatic heterocycles. The van der Waals surface area contributed by atoms with Gasteiger partial charge in [-0.05, 0) is 87.0 Å². The van der Waals surface area contributed by atoms with Crippen LogP contribution in [-0.4, -0.2) is 83.2 Å². The topological polar surface area (TPSA) is 99.3 Å². The fourth-order valence-electron chi connectivity index (χ4n) is 8.08. The smallest absolute Gasteiger partial charge is 0.255 e. The van der Waals surface area contributed by atoms with E-state index in [-0.39, 0.29) is 35.7 Å². The summed E-state index contributed by atoms with van der Waals surface area (Å²) in [6, 6.07) is 5.11. The lowest BCUT2D eigenvalue weighted by Crippen LogP contribution is -2.55. The van der Waals surface area contributed by atoms with Crippen LogP contribution in [0.3, 0.4) is 0 Å². The number of benzene rings is 1. The molecule has 7 rings (SSSR count). The van der Waals surface area contributed by atoms with Crippen molar-refractivity contribution in [2.75, 3.05) is 32.7 Å². The van der Waals surface area contributed by atoms with Crippen molar-refractivity contribution >= 4 is 23.6 Å². The molecular weight excluding hydrogens is 532 g/mol. The van der Waals surface area contributed by atoms with E-state index < -0.39 is 6.04 Å². The highest BCUT2D eigenvalue weighted by molar-refractivity contribution is 6.05. The Morgan fingerprint density at radius 1 is 1.00 bits per heavy atom. The van der Waals surface area contributed by atoms with Gasteiger partial charge in [0.15, 0.2) is 0 Å². The number of rotatable bonds is 7. The Bertz CT molecular complexity index is 1260. The monoisotopic (exact) mass is 576 g/mol. The normalized spacial score (nSPS) is 30.1. The van der Waals surface area contributed by atoms with Crippen LogP contribution in [-0.2, 0) is 20.9 Å². The van der Waals surface area contributed by atoms with Crippen LogP contribution in [0.15, 0.2) is 18.2 Å². The van der Waals surface area contributed by atoms with Gasteiger partial charge < -0.3 is 19.4 Å². The first-order valence-electron chi connectivity index (χ1n) is 16.2. The summed E-state index contributed by atoms with van der Waals surface area (Å²) in [4.78, 5) is 56.1. The molecule has 0 spiro atoms. The number of fused-ring (bicyclic) bond motifs is 1. The molecule has 1 aromatic carbocycles. The average molecular weight is 577 g/mol. The predicted molar refractivity (Wildman–Crippen MR) is 155 cm³/mol. The predicted octanol–water partition coefficient (Wildman–Crippen LogP) is 3.36. The standard InChI is InChI=1S/C33H44N4O5/c1-33(12-13-33)32(41)36-14-10-21(11-15-36)24-18-35(19-24)17-22-4-2-3-5-28(22)42-25-6-7-26-23(16-25)20-37(31(26)40)27-8-9-29(38)34-30(27)39/h6-7,16,21-22,24,27-28H,2-5,8-15,17-20H2,1H3,(H,34,38,39)/t22-,27?,28+/m1/s1. The Morgan fingerprint density at radius 3 is 2.50 bits per heavy atom. The van der Waals surface area contributed by atoms with Crippen LogP contribution in [0.4, 0.5) is 0 Å². The van der Waals surface area contributed by atoms with E-state index in [9.17, 15) is 19.2 Å². The van der Waals surface area contributed by atoms with Crippen LogP contribution in [0.25, 0.3) is 0 Å². The second-order valence-electron chi connectivity index (χ2n) is 14.1. The quantitative estimate of drug-likeness (QED) is 0.500. The number of piperidine rings is 2. The number of hydrogen-bond donors (Lipinski definition) is 1. The van der Waals surface area contributed by atoms with Crippen LogP contribution in [0.2, 0.25) is 0 Å². The number of ether oxygens (including phenoxy) is 1. The minimum absolute atomic E-state index is 0.0495. The van der Waals surface area contributed by atoms with E-state index in [1.165, 1.54) is 19.3 Å². The third kappa shape index (κ3) is 5.33. The fourth-order valence-corrected chi connectivity index (χ4v) is 8.08. The molecule has 0 aromatic heterocycles. The summed E-state index contributed by atoms with van der Waals surface area (Å²) < 4.78 is 6.61. The number of amides is 4. The maximum absolute atomic E-state index is 13.1. The molecule has 226 valence electrons. The molecule has 9 heteroatoms. The van der Waals surface area contributed by atoms with Crippen molar-refractivity contribution in [2.24, 2.45) is 23.2 Å². The lowest BCUT2D eigenvalue weighted by Gasteiger charge is -2.48. The summed E-state index contributed by atoms with van der Waals surface area (Å²) in [5.41, 5.74) is 1.46. The maximum atomic E-state index is 13.1. The fraction of sp³-hybridized carbons (Fsp3) is 0.697. The Kier molecular flexibility index (Phi) is 7.27. The molecular formula is C33H44N4O5. The molecule has 6 aliphatic rings. The molecule has 3 saturated heterocycles. The van der Waals surface area contributed by atoms with Gasteiger partial charge in [-0.3, -0.25) is 24.5 Å². The zero-order chi connectivity index (χ0) is 29.0. The summed E-state index contributed by atoms with van der Waals surface area (Å²) in [7, 11) is 0. The number of hydrogen-bond acceptors (Lipinski definition) is 6. The molecule has 5 fully saturated rings. The van der Waals surface area contributed by atoms with E-state index in [0.29, 0.717) is 30.4 Å². The summed E-state index contributed by atoms with van der Waals surface area (Å²) in [5.74, 6) is 2.37. The van der Waals surface area contributed by atoms with Crippen molar-refractivity contribution in [3.05, 3.63) is 29.3 Å². The van der Waals surface area contributed by atoms with Gasteiger partial charge in [0.05, 0.1) is 0 Å². The average Bonchev–Trinajstić information content (AvgIpc) is 3.64. The first-order valence-corrected chi connectivity index (χ1v) is 16.2. The third-order valence-electron chi connectivity index (χ3n) is 11.1. The highest BCUT2D eigenvalue weighted by Crippen LogP contribution is 2.47. The van der Waals surface area contributed by atoms with Crippen molar-refractivity contribution in [3.8, 4) is 5.75 Å².